The lowest BCUT2D eigenvalue weighted by molar-refractivity contribution is -0.171. The zero-order chi connectivity index (χ0) is 17.3. The summed E-state index contributed by atoms with van der Waals surface area (Å²) in [6.45, 7) is 7.03. The SMILES string of the molecule is CC(C)CN=C(NCCc1ccco1)NC1C2CCOC2C12CCC2.I. The molecule has 2 saturated carbocycles. The van der Waals surface area contributed by atoms with Crippen LogP contribution in [0.5, 0.6) is 0 Å². The minimum Gasteiger partial charge on any atom is -0.469 e. The van der Waals surface area contributed by atoms with Crippen LogP contribution in [0.15, 0.2) is 27.8 Å². The smallest absolute Gasteiger partial charge is 0.191 e. The van der Waals surface area contributed by atoms with Crippen LogP contribution in [-0.2, 0) is 11.2 Å². The van der Waals surface area contributed by atoms with Crippen molar-refractivity contribution in [2.75, 3.05) is 19.7 Å². The number of nitrogens with zero attached hydrogens (tertiary/aromatic N) is 1. The van der Waals surface area contributed by atoms with E-state index in [1.807, 2.05) is 12.1 Å². The van der Waals surface area contributed by atoms with Gasteiger partial charge in [-0.05, 0) is 37.3 Å². The Labute approximate surface area is 173 Å². The number of guanidine groups is 1. The van der Waals surface area contributed by atoms with Crippen molar-refractivity contribution in [1.82, 2.24) is 10.6 Å². The van der Waals surface area contributed by atoms with Crippen LogP contribution in [-0.4, -0.2) is 37.8 Å². The first-order chi connectivity index (χ1) is 12.2. The van der Waals surface area contributed by atoms with Crippen LogP contribution in [0.2, 0.25) is 0 Å². The third-order valence-corrected chi connectivity index (χ3v) is 6.19. The molecule has 5 nitrogen and oxygen atoms in total. The van der Waals surface area contributed by atoms with Gasteiger partial charge in [0, 0.05) is 43.5 Å². The Hall–Kier alpha value is -0.760. The number of aliphatic imine (C=N–C) groups is 1. The highest BCUT2D eigenvalue weighted by Crippen LogP contribution is 2.62. The molecule has 0 bridgehead atoms. The maximum absolute atomic E-state index is 6.04. The van der Waals surface area contributed by atoms with Crippen LogP contribution < -0.4 is 10.6 Å². The Morgan fingerprint density at radius 3 is 2.88 bits per heavy atom. The lowest BCUT2D eigenvalue weighted by Gasteiger charge is -2.63. The maximum atomic E-state index is 6.04. The molecule has 4 rings (SSSR count). The molecule has 2 heterocycles. The Balaban J connectivity index is 0.00000196. The molecule has 0 amide bonds. The van der Waals surface area contributed by atoms with Crippen LogP contribution >= 0.6 is 24.0 Å². The highest BCUT2D eigenvalue weighted by molar-refractivity contribution is 14.0. The van der Waals surface area contributed by atoms with Gasteiger partial charge in [0.1, 0.15) is 5.76 Å². The van der Waals surface area contributed by atoms with Crippen LogP contribution in [0.4, 0.5) is 0 Å². The fourth-order valence-electron chi connectivity index (χ4n) is 4.79. The van der Waals surface area contributed by atoms with E-state index in [1.165, 1.54) is 25.7 Å². The highest BCUT2D eigenvalue weighted by atomic mass is 127. The van der Waals surface area contributed by atoms with Crippen molar-refractivity contribution in [3.63, 3.8) is 0 Å². The van der Waals surface area contributed by atoms with Gasteiger partial charge < -0.3 is 19.8 Å². The van der Waals surface area contributed by atoms with Gasteiger partial charge in [-0.1, -0.05) is 20.3 Å². The molecule has 2 N–H and O–H groups in total. The molecular formula is C20H32IN3O2. The van der Waals surface area contributed by atoms with Gasteiger partial charge in [-0.3, -0.25) is 4.99 Å². The summed E-state index contributed by atoms with van der Waals surface area (Å²) in [5, 5.41) is 7.30. The molecule has 1 aliphatic heterocycles. The van der Waals surface area contributed by atoms with Crippen molar-refractivity contribution >= 4 is 29.9 Å². The fourth-order valence-corrected chi connectivity index (χ4v) is 4.79. The quantitative estimate of drug-likeness (QED) is 0.377. The molecule has 146 valence electrons. The van der Waals surface area contributed by atoms with Gasteiger partial charge in [0.25, 0.3) is 0 Å². The molecule has 1 spiro atoms. The van der Waals surface area contributed by atoms with Crippen molar-refractivity contribution in [3.05, 3.63) is 24.2 Å². The number of hydrogen-bond donors (Lipinski definition) is 2. The zero-order valence-corrected chi connectivity index (χ0v) is 18.2. The van der Waals surface area contributed by atoms with Gasteiger partial charge in [-0.25, -0.2) is 0 Å². The topological polar surface area (TPSA) is 58.8 Å². The molecule has 0 radical (unpaired) electrons. The molecule has 3 atom stereocenters. The number of nitrogens with one attached hydrogen (secondary N) is 2. The first-order valence-electron chi connectivity index (χ1n) is 9.88. The lowest BCUT2D eigenvalue weighted by atomic mass is 9.46. The molecule has 3 unspecified atom stereocenters. The third-order valence-electron chi connectivity index (χ3n) is 6.19. The predicted octanol–water partition coefficient (Wildman–Crippen LogP) is 3.59. The molecular weight excluding hydrogens is 441 g/mol. The van der Waals surface area contributed by atoms with Gasteiger partial charge in [-0.2, -0.15) is 0 Å². The molecule has 1 aromatic rings. The number of halogens is 1. The molecule has 3 fully saturated rings. The fraction of sp³-hybridized carbons (Fsp3) is 0.750. The first-order valence-corrected chi connectivity index (χ1v) is 9.88. The molecule has 3 aliphatic rings. The number of hydrogen-bond acceptors (Lipinski definition) is 3. The van der Waals surface area contributed by atoms with E-state index in [0.717, 1.165) is 37.8 Å². The lowest BCUT2D eigenvalue weighted by Crippen LogP contribution is -2.72. The van der Waals surface area contributed by atoms with Gasteiger partial charge >= 0.3 is 0 Å². The van der Waals surface area contributed by atoms with Crippen molar-refractivity contribution in [3.8, 4) is 0 Å². The van der Waals surface area contributed by atoms with E-state index in [1.54, 1.807) is 6.26 Å². The second-order valence-electron chi connectivity index (χ2n) is 8.29. The Morgan fingerprint density at radius 1 is 1.38 bits per heavy atom. The monoisotopic (exact) mass is 473 g/mol. The average molecular weight is 473 g/mol. The van der Waals surface area contributed by atoms with E-state index in [-0.39, 0.29) is 24.0 Å². The van der Waals surface area contributed by atoms with Crippen LogP contribution in [0.1, 0.15) is 45.3 Å². The summed E-state index contributed by atoms with van der Waals surface area (Å²) in [6.07, 6.45) is 8.23. The molecule has 1 saturated heterocycles. The number of ether oxygens (including phenoxy) is 1. The summed E-state index contributed by atoms with van der Waals surface area (Å²) in [7, 11) is 0. The first kappa shape index (κ1) is 20.0. The average Bonchev–Trinajstić information content (AvgIpc) is 3.18. The Morgan fingerprint density at radius 2 is 2.23 bits per heavy atom. The van der Waals surface area contributed by atoms with E-state index in [2.05, 4.69) is 24.5 Å². The van der Waals surface area contributed by atoms with Crippen LogP contribution in [0.25, 0.3) is 0 Å². The van der Waals surface area contributed by atoms with Gasteiger partial charge in [0.2, 0.25) is 0 Å². The van der Waals surface area contributed by atoms with E-state index in [4.69, 9.17) is 14.1 Å². The van der Waals surface area contributed by atoms with E-state index in [0.29, 0.717) is 29.4 Å². The normalized spacial score (nSPS) is 28.9. The van der Waals surface area contributed by atoms with Gasteiger partial charge in [-0.15, -0.1) is 24.0 Å². The van der Waals surface area contributed by atoms with Crippen LogP contribution in [0.3, 0.4) is 0 Å². The summed E-state index contributed by atoms with van der Waals surface area (Å²) >= 11 is 0. The number of rotatable bonds is 6. The molecule has 6 heteroatoms. The third kappa shape index (κ3) is 3.77. The van der Waals surface area contributed by atoms with Crippen molar-refractivity contribution in [2.24, 2.45) is 22.2 Å². The summed E-state index contributed by atoms with van der Waals surface area (Å²) < 4.78 is 11.5. The highest BCUT2D eigenvalue weighted by Gasteiger charge is 2.66. The van der Waals surface area contributed by atoms with Gasteiger partial charge in [0.15, 0.2) is 5.96 Å². The number of fused-ring (bicyclic) bond motifs is 2. The largest absolute Gasteiger partial charge is 0.469 e. The molecule has 26 heavy (non-hydrogen) atoms. The van der Waals surface area contributed by atoms with E-state index < -0.39 is 0 Å². The molecule has 0 aromatic carbocycles. The Bertz CT molecular complexity index is 598. The summed E-state index contributed by atoms with van der Waals surface area (Å²) in [5.41, 5.74) is 0.377. The summed E-state index contributed by atoms with van der Waals surface area (Å²) in [6, 6.07) is 4.49. The van der Waals surface area contributed by atoms with Crippen LogP contribution in [0, 0.1) is 17.3 Å². The Kier molecular flexibility index (Phi) is 6.54. The van der Waals surface area contributed by atoms with Crippen molar-refractivity contribution < 1.29 is 9.15 Å². The minimum absolute atomic E-state index is 0. The van der Waals surface area contributed by atoms with Crippen molar-refractivity contribution in [1.29, 1.82) is 0 Å². The summed E-state index contributed by atoms with van der Waals surface area (Å²) in [5.74, 6) is 3.20. The maximum Gasteiger partial charge on any atom is 0.191 e. The van der Waals surface area contributed by atoms with E-state index in [9.17, 15) is 0 Å². The molecule has 1 aromatic heterocycles. The second kappa shape index (κ2) is 8.50. The standard InChI is InChI=1S/C20H31N3O2.HI/c1-14(2)13-22-19(21-10-6-15-5-3-11-24-15)23-17-16-7-12-25-18(16)20(17)8-4-9-20;/h3,5,11,14,16-18H,4,6-10,12-13H2,1-2H3,(H2,21,22,23);1H. The van der Waals surface area contributed by atoms with E-state index >= 15 is 0 Å². The van der Waals surface area contributed by atoms with Gasteiger partial charge in [0.05, 0.1) is 12.4 Å². The molecule has 2 aliphatic carbocycles. The minimum atomic E-state index is 0. The van der Waals surface area contributed by atoms with Crippen molar-refractivity contribution in [2.45, 2.75) is 58.1 Å². The summed E-state index contributed by atoms with van der Waals surface area (Å²) in [4.78, 5) is 4.83. The zero-order valence-electron chi connectivity index (χ0n) is 15.9. The number of furan rings is 1. The predicted molar refractivity (Wildman–Crippen MR) is 114 cm³/mol. The second-order valence-corrected chi connectivity index (χ2v) is 8.29.